The lowest BCUT2D eigenvalue weighted by molar-refractivity contribution is -0.115. The molecule has 3 heteroatoms. The molecular formula is C10H20N2O. The molecule has 0 aliphatic carbocycles. The van der Waals surface area contributed by atoms with Gasteiger partial charge in [-0.15, -0.1) is 0 Å². The lowest BCUT2D eigenvalue weighted by Crippen LogP contribution is -2.39. The first kappa shape index (κ1) is 12.2. The first-order valence-corrected chi connectivity index (χ1v) is 4.81. The van der Waals surface area contributed by atoms with Gasteiger partial charge in [-0.05, 0) is 19.5 Å². The van der Waals surface area contributed by atoms with Crippen LogP contribution in [0.5, 0.6) is 0 Å². The lowest BCUT2D eigenvalue weighted by atomic mass is 10.0. The molecule has 0 heterocycles. The Morgan fingerprint density at radius 2 is 1.85 bits per heavy atom. The fourth-order valence-corrected chi connectivity index (χ4v) is 1.55. The highest BCUT2D eigenvalue weighted by molar-refractivity contribution is 5.92. The molecule has 0 aliphatic rings. The number of amides is 1. The molecule has 0 saturated heterocycles. The smallest absolute Gasteiger partial charge is 0.245 e. The summed E-state index contributed by atoms with van der Waals surface area (Å²) >= 11 is 0. The number of likely N-dealkylation sites (N-methyl/N-ethyl adjacent to an activating group) is 1. The summed E-state index contributed by atoms with van der Waals surface area (Å²) in [6, 6.07) is 0.104. The van der Waals surface area contributed by atoms with Gasteiger partial charge in [0.25, 0.3) is 0 Å². The van der Waals surface area contributed by atoms with Gasteiger partial charge in [0.05, 0.1) is 0 Å². The molecule has 0 fully saturated rings. The average Bonchev–Trinajstić information content (AvgIpc) is 2.12. The van der Waals surface area contributed by atoms with Crippen molar-refractivity contribution in [1.82, 2.24) is 4.90 Å². The fraction of sp³-hybridized carbons (Fsp3) is 0.700. The number of hydrogen-bond donors (Lipinski definition) is 1. The minimum atomic E-state index is -0.390. The van der Waals surface area contributed by atoms with E-state index in [4.69, 9.17) is 5.73 Å². The Labute approximate surface area is 80.6 Å². The minimum absolute atomic E-state index is 0.104. The Kier molecular flexibility index (Phi) is 5.39. The molecule has 0 aromatic rings. The first-order valence-electron chi connectivity index (χ1n) is 4.81. The molecule has 1 amide bonds. The zero-order chi connectivity index (χ0) is 10.4. The molecule has 1 atom stereocenters. The zero-order valence-corrected chi connectivity index (χ0v) is 8.84. The minimum Gasteiger partial charge on any atom is -0.366 e. The second-order valence-electron chi connectivity index (χ2n) is 3.03. The van der Waals surface area contributed by atoms with E-state index in [1.165, 1.54) is 0 Å². The van der Waals surface area contributed by atoms with Crippen molar-refractivity contribution in [2.75, 3.05) is 13.1 Å². The summed E-state index contributed by atoms with van der Waals surface area (Å²) in [7, 11) is 0. The van der Waals surface area contributed by atoms with E-state index < -0.39 is 5.91 Å². The summed E-state index contributed by atoms with van der Waals surface area (Å²) in [6.45, 7) is 11.7. The van der Waals surface area contributed by atoms with E-state index in [0.717, 1.165) is 19.5 Å². The van der Waals surface area contributed by atoms with Crippen LogP contribution in [0.25, 0.3) is 0 Å². The van der Waals surface area contributed by atoms with Gasteiger partial charge >= 0.3 is 0 Å². The Morgan fingerprint density at radius 3 is 2.08 bits per heavy atom. The lowest BCUT2D eigenvalue weighted by Gasteiger charge is -2.29. The van der Waals surface area contributed by atoms with Crippen molar-refractivity contribution in [3.63, 3.8) is 0 Å². The number of hydrogen-bond acceptors (Lipinski definition) is 2. The van der Waals surface area contributed by atoms with Gasteiger partial charge < -0.3 is 5.73 Å². The van der Waals surface area contributed by atoms with Crippen molar-refractivity contribution >= 4 is 5.91 Å². The van der Waals surface area contributed by atoms with E-state index in [0.29, 0.717) is 5.57 Å². The Bertz CT molecular complexity index is 185. The predicted molar refractivity (Wildman–Crippen MR) is 55.3 cm³/mol. The standard InChI is InChI=1S/C10H20N2O/c1-5-9(8(4)10(11)13)12(6-2)7-3/h9H,4-7H2,1-3H3,(H2,11,13). The van der Waals surface area contributed by atoms with Gasteiger partial charge in [0.2, 0.25) is 5.91 Å². The fourth-order valence-electron chi connectivity index (χ4n) is 1.55. The molecule has 2 N–H and O–H groups in total. The maximum Gasteiger partial charge on any atom is 0.245 e. The van der Waals surface area contributed by atoms with E-state index in [-0.39, 0.29) is 6.04 Å². The molecule has 1 unspecified atom stereocenters. The van der Waals surface area contributed by atoms with E-state index in [1.807, 2.05) is 6.92 Å². The van der Waals surface area contributed by atoms with Gasteiger partial charge in [-0.3, -0.25) is 9.69 Å². The number of rotatable bonds is 6. The van der Waals surface area contributed by atoms with Crippen LogP contribution in [0.2, 0.25) is 0 Å². The van der Waals surface area contributed by atoms with Crippen molar-refractivity contribution in [3.05, 3.63) is 12.2 Å². The number of primary amides is 1. The molecule has 0 saturated carbocycles. The summed E-state index contributed by atoms with van der Waals surface area (Å²) in [5, 5.41) is 0. The zero-order valence-electron chi connectivity index (χ0n) is 8.84. The largest absolute Gasteiger partial charge is 0.366 e. The molecule has 0 rings (SSSR count). The third kappa shape index (κ3) is 3.19. The van der Waals surface area contributed by atoms with Crippen LogP contribution in [-0.4, -0.2) is 29.9 Å². The summed E-state index contributed by atoms with van der Waals surface area (Å²) in [5.41, 5.74) is 5.71. The number of nitrogens with zero attached hydrogens (tertiary/aromatic N) is 1. The molecule has 0 aromatic heterocycles. The van der Waals surface area contributed by atoms with Crippen LogP contribution in [0, 0.1) is 0 Å². The van der Waals surface area contributed by atoms with Crippen molar-refractivity contribution in [3.8, 4) is 0 Å². The first-order chi connectivity index (χ1) is 6.08. The SMILES string of the molecule is C=C(C(N)=O)C(CC)N(CC)CC. The second-order valence-corrected chi connectivity index (χ2v) is 3.03. The van der Waals surface area contributed by atoms with Gasteiger partial charge in [-0.25, -0.2) is 0 Å². The van der Waals surface area contributed by atoms with Gasteiger partial charge in [-0.2, -0.15) is 0 Å². The van der Waals surface area contributed by atoms with E-state index in [9.17, 15) is 4.79 Å². The van der Waals surface area contributed by atoms with E-state index >= 15 is 0 Å². The van der Waals surface area contributed by atoms with Crippen LogP contribution in [0.15, 0.2) is 12.2 Å². The van der Waals surface area contributed by atoms with Crippen LogP contribution in [0.3, 0.4) is 0 Å². The molecule has 13 heavy (non-hydrogen) atoms. The van der Waals surface area contributed by atoms with Gasteiger partial charge in [0.1, 0.15) is 0 Å². The van der Waals surface area contributed by atoms with E-state index in [1.54, 1.807) is 0 Å². The Morgan fingerprint density at radius 1 is 1.38 bits per heavy atom. The highest BCUT2D eigenvalue weighted by Crippen LogP contribution is 2.11. The summed E-state index contributed by atoms with van der Waals surface area (Å²) in [4.78, 5) is 13.1. The molecule has 0 bridgehead atoms. The summed E-state index contributed by atoms with van der Waals surface area (Å²) in [6.07, 6.45) is 0.878. The molecule has 0 aromatic carbocycles. The third-order valence-electron chi connectivity index (χ3n) is 2.36. The summed E-state index contributed by atoms with van der Waals surface area (Å²) < 4.78 is 0. The second kappa shape index (κ2) is 5.75. The van der Waals surface area contributed by atoms with Gasteiger partial charge in [0, 0.05) is 11.6 Å². The number of carbonyl (C=O) groups excluding carboxylic acids is 1. The van der Waals surface area contributed by atoms with Crippen molar-refractivity contribution in [1.29, 1.82) is 0 Å². The molecule has 0 aliphatic heterocycles. The molecular weight excluding hydrogens is 164 g/mol. The quantitative estimate of drug-likeness (QED) is 0.629. The summed E-state index contributed by atoms with van der Waals surface area (Å²) in [5.74, 6) is -0.390. The van der Waals surface area contributed by atoms with Crippen LogP contribution in [-0.2, 0) is 4.79 Å². The Hall–Kier alpha value is -0.830. The van der Waals surface area contributed by atoms with Crippen LogP contribution >= 0.6 is 0 Å². The van der Waals surface area contributed by atoms with Crippen LogP contribution < -0.4 is 5.73 Å². The average molecular weight is 184 g/mol. The molecule has 0 spiro atoms. The van der Waals surface area contributed by atoms with E-state index in [2.05, 4.69) is 25.3 Å². The van der Waals surface area contributed by atoms with Gasteiger partial charge in [-0.1, -0.05) is 27.4 Å². The molecule has 0 radical (unpaired) electrons. The third-order valence-corrected chi connectivity index (χ3v) is 2.36. The van der Waals surface area contributed by atoms with Crippen LogP contribution in [0.4, 0.5) is 0 Å². The van der Waals surface area contributed by atoms with Crippen LogP contribution in [0.1, 0.15) is 27.2 Å². The number of carbonyl (C=O) groups is 1. The molecule has 3 nitrogen and oxygen atoms in total. The topological polar surface area (TPSA) is 46.3 Å². The highest BCUT2D eigenvalue weighted by Gasteiger charge is 2.19. The normalized spacial score (nSPS) is 12.9. The molecule has 76 valence electrons. The highest BCUT2D eigenvalue weighted by atomic mass is 16.1. The Balaban J connectivity index is 4.47. The van der Waals surface area contributed by atoms with Crippen molar-refractivity contribution < 1.29 is 4.79 Å². The van der Waals surface area contributed by atoms with Crippen molar-refractivity contribution in [2.45, 2.75) is 33.2 Å². The monoisotopic (exact) mass is 184 g/mol. The van der Waals surface area contributed by atoms with Gasteiger partial charge in [0.15, 0.2) is 0 Å². The number of nitrogens with two attached hydrogens (primary N) is 1. The predicted octanol–water partition coefficient (Wildman–Crippen LogP) is 1.15. The maximum atomic E-state index is 10.9. The maximum absolute atomic E-state index is 10.9. The van der Waals surface area contributed by atoms with Crippen molar-refractivity contribution in [2.24, 2.45) is 5.73 Å².